The Morgan fingerprint density at radius 2 is 2.39 bits per heavy atom. The van der Waals surface area contributed by atoms with E-state index in [9.17, 15) is 4.79 Å². The molecule has 0 aliphatic carbocycles. The Hall–Kier alpha value is -1.89. The normalized spacial score (nSPS) is 10.5. The van der Waals surface area contributed by atoms with Crippen LogP contribution in [0.3, 0.4) is 0 Å². The van der Waals surface area contributed by atoms with Crippen LogP contribution in [0.25, 0.3) is 11.5 Å². The lowest BCUT2D eigenvalue weighted by Gasteiger charge is -1.94. The SMILES string of the molecule is Cc1ccnc(-c2noc(CSCC(=O)O)n2)c1. The van der Waals surface area contributed by atoms with Gasteiger partial charge in [0.1, 0.15) is 5.69 Å². The summed E-state index contributed by atoms with van der Waals surface area (Å²) in [6.45, 7) is 1.95. The maximum Gasteiger partial charge on any atom is 0.313 e. The molecule has 2 heterocycles. The molecule has 0 bridgehead atoms. The first-order valence-electron chi connectivity index (χ1n) is 5.20. The molecular weight excluding hydrogens is 254 g/mol. The molecule has 18 heavy (non-hydrogen) atoms. The summed E-state index contributed by atoms with van der Waals surface area (Å²) in [5.41, 5.74) is 1.71. The molecule has 2 rings (SSSR count). The lowest BCUT2D eigenvalue weighted by Crippen LogP contribution is -1.98. The summed E-state index contributed by atoms with van der Waals surface area (Å²) < 4.78 is 5.03. The van der Waals surface area contributed by atoms with E-state index in [0.29, 0.717) is 23.2 Å². The van der Waals surface area contributed by atoms with Crippen LogP contribution in [0.4, 0.5) is 0 Å². The number of aromatic nitrogens is 3. The maximum atomic E-state index is 10.4. The number of rotatable bonds is 5. The van der Waals surface area contributed by atoms with E-state index < -0.39 is 5.97 Å². The molecule has 0 aliphatic heterocycles. The number of carboxylic acids is 1. The van der Waals surface area contributed by atoms with Crippen molar-refractivity contribution in [3.63, 3.8) is 0 Å². The monoisotopic (exact) mass is 265 g/mol. The molecule has 0 saturated carbocycles. The van der Waals surface area contributed by atoms with Gasteiger partial charge in [-0.1, -0.05) is 5.16 Å². The van der Waals surface area contributed by atoms with Crippen LogP contribution in [-0.2, 0) is 10.5 Å². The van der Waals surface area contributed by atoms with Gasteiger partial charge in [-0.15, -0.1) is 11.8 Å². The van der Waals surface area contributed by atoms with Gasteiger partial charge in [0, 0.05) is 6.20 Å². The molecule has 2 aromatic heterocycles. The van der Waals surface area contributed by atoms with Crippen LogP contribution in [0.5, 0.6) is 0 Å². The van der Waals surface area contributed by atoms with E-state index in [2.05, 4.69) is 15.1 Å². The Bertz CT molecular complexity index is 556. The largest absolute Gasteiger partial charge is 0.481 e. The van der Waals surface area contributed by atoms with Gasteiger partial charge >= 0.3 is 5.97 Å². The highest BCUT2D eigenvalue weighted by molar-refractivity contribution is 7.99. The van der Waals surface area contributed by atoms with Crippen LogP contribution in [0.15, 0.2) is 22.9 Å². The Kier molecular flexibility index (Phi) is 3.93. The zero-order chi connectivity index (χ0) is 13.0. The van der Waals surface area contributed by atoms with Crippen LogP contribution in [-0.4, -0.2) is 32.0 Å². The fourth-order valence-corrected chi connectivity index (χ4v) is 1.87. The average molecular weight is 265 g/mol. The molecule has 1 N–H and O–H groups in total. The fraction of sp³-hybridized carbons (Fsp3) is 0.273. The number of pyridine rings is 1. The molecule has 0 saturated heterocycles. The maximum absolute atomic E-state index is 10.4. The van der Waals surface area contributed by atoms with Crippen molar-refractivity contribution < 1.29 is 14.4 Å². The summed E-state index contributed by atoms with van der Waals surface area (Å²) >= 11 is 1.21. The van der Waals surface area contributed by atoms with Crippen molar-refractivity contribution in [2.75, 3.05) is 5.75 Å². The first kappa shape index (κ1) is 12.6. The molecule has 0 spiro atoms. The van der Waals surface area contributed by atoms with Crippen LogP contribution in [0.1, 0.15) is 11.5 Å². The van der Waals surface area contributed by atoms with Crippen LogP contribution in [0, 0.1) is 6.92 Å². The number of nitrogens with zero attached hydrogens (tertiary/aromatic N) is 3. The second kappa shape index (κ2) is 5.63. The second-order valence-electron chi connectivity index (χ2n) is 3.62. The van der Waals surface area contributed by atoms with Crippen LogP contribution in [0.2, 0.25) is 0 Å². The summed E-state index contributed by atoms with van der Waals surface area (Å²) in [6, 6.07) is 3.74. The van der Waals surface area contributed by atoms with Gasteiger partial charge in [0.05, 0.1) is 11.5 Å². The number of carbonyl (C=O) groups is 1. The molecule has 0 unspecified atom stereocenters. The number of thioether (sulfide) groups is 1. The standard InChI is InChI=1S/C11H11N3O3S/c1-7-2-3-12-8(4-7)11-13-9(17-14-11)5-18-6-10(15)16/h2-4H,5-6H2,1H3,(H,15,16). The van der Waals surface area contributed by atoms with Crippen molar-refractivity contribution in [2.24, 2.45) is 0 Å². The smallest absolute Gasteiger partial charge is 0.313 e. The second-order valence-corrected chi connectivity index (χ2v) is 4.60. The van der Waals surface area contributed by atoms with E-state index in [4.69, 9.17) is 9.63 Å². The third kappa shape index (κ3) is 3.30. The number of aryl methyl sites for hydroxylation is 1. The zero-order valence-electron chi connectivity index (χ0n) is 9.66. The highest BCUT2D eigenvalue weighted by Crippen LogP contribution is 2.16. The van der Waals surface area contributed by atoms with E-state index >= 15 is 0 Å². The van der Waals surface area contributed by atoms with E-state index in [1.165, 1.54) is 11.8 Å². The third-order valence-corrected chi connectivity index (χ3v) is 2.97. The van der Waals surface area contributed by atoms with E-state index in [0.717, 1.165) is 5.56 Å². The van der Waals surface area contributed by atoms with Gasteiger partial charge in [0.25, 0.3) is 0 Å². The summed E-state index contributed by atoms with van der Waals surface area (Å²) in [6.07, 6.45) is 1.68. The van der Waals surface area contributed by atoms with Crippen molar-refractivity contribution in [1.29, 1.82) is 0 Å². The summed E-state index contributed by atoms with van der Waals surface area (Å²) in [7, 11) is 0. The molecule has 6 nitrogen and oxygen atoms in total. The minimum Gasteiger partial charge on any atom is -0.481 e. The topological polar surface area (TPSA) is 89.1 Å². The highest BCUT2D eigenvalue weighted by Gasteiger charge is 2.10. The minimum absolute atomic E-state index is 0.0143. The summed E-state index contributed by atoms with van der Waals surface area (Å²) in [5, 5.41) is 12.3. The zero-order valence-corrected chi connectivity index (χ0v) is 10.5. The molecule has 0 atom stereocenters. The van der Waals surface area contributed by atoms with Crippen molar-refractivity contribution >= 4 is 17.7 Å². The van der Waals surface area contributed by atoms with Crippen LogP contribution < -0.4 is 0 Å². The van der Waals surface area contributed by atoms with Gasteiger partial charge in [-0.25, -0.2) is 0 Å². The number of aliphatic carboxylic acids is 1. The Balaban J connectivity index is 2.04. The summed E-state index contributed by atoms with van der Waals surface area (Å²) in [4.78, 5) is 18.7. The van der Waals surface area contributed by atoms with Gasteiger partial charge in [0.15, 0.2) is 0 Å². The number of hydrogen-bond donors (Lipinski definition) is 1. The lowest BCUT2D eigenvalue weighted by atomic mass is 10.2. The molecule has 0 aliphatic rings. The van der Waals surface area contributed by atoms with Crippen molar-refractivity contribution in [2.45, 2.75) is 12.7 Å². The quantitative estimate of drug-likeness (QED) is 0.880. The van der Waals surface area contributed by atoms with E-state index in [1.807, 2.05) is 19.1 Å². The minimum atomic E-state index is -0.861. The van der Waals surface area contributed by atoms with E-state index in [1.54, 1.807) is 6.20 Å². The van der Waals surface area contributed by atoms with Gasteiger partial charge in [-0.05, 0) is 24.6 Å². The summed E-state index contributed by atoms with van der Waals surface area (Å²) in [5.74, 6) is 0.357. The van der Waals surface area contributed by atoms with E-state index in [-0.39, 0.29) is 5.75 Å². The molecule has 2 aromatic rings. The van der Waals surface area contributed by atoms with Gasteiger partial charge in [-0.2, -0.15) is 4.98 Å². The Morgan fingerprint density at radius 1 is 1.56 bits per heavy atom. The molecule has 7 heteroatoms. The highest BCUT2D eigenvalue weighted by atomic mass is 32.2. The first-order chi connectivity index (χ1) is 8.65. The van der Waals surface area contributed by atoms with Crippen molar-refractivity contribution in [3.8, 4) is 11.5 Å². The fourth-order valence-electron chi connectivity index (χ4n) is 1.30. The van der Waals surface area contributed by atoms with Gasteiger partial charge in [-0.3, -0.25) is 9.78 Å². The molecule has 94 valence electrons. The average Bonchev–Trinajstić information content (AvgIpc) is 2.77. The molecule has 0 amide bonds. The van der Waals surface area contributed by atoms with Gasteiger partial charge < -0.3 is 9.63 Å². The number of hydrogen-bond acceptors (Lipinski definition) is 6. The van der Waals surface area contributed by atoms with Crippen molar-refractivity contribution in [1.82, 2.24) is 15.1 Å². The Morgan fingerprint density at radius 3 is 3.11 bits per heavy atom. The number of carboxylic acid groups (broad SMARTS) is 1. The van der Waals surface area contributed by atoms with Crippen molar-refractivity contribution in [3.05, 3.63) is 29.8 Å². The first-order valence-corrected chi connectivity index (χ1v) is 6.36. The third-order valence-electron chi connectivity index (χ3n) is 2.06. The molecular formula is C11H11N3O3S. The molecule has 0 aromatic carbocycles. The molecule has 0 fully saturated rings. The Labute approximate surface area is 107 Å². The predicted octanol–water partition coefficient (Wildman–Crippen LogP) is 1.76. The van der Waals surface area contributed by atoms with Crippen LogP contribution >= 0.6 is 11.8 Å². The lowest BCUT2D eigenvalue weighted by molar-refractivity contribution is -0.133. The van der Waals surface area contributed by atoms with Gasteiger partial charge in [0.2, 0.25) is 11.7 Å². The predicted molar refractivity (Wildman–Crippen MR) is 66.1 cm³/mol. The molecule has 0 radical (unpaired) electrons.